The molecule has 0 aromatic rings. The van der Waals surface area contributed by atoms with E-state index in [9.17, 15) is 4.79 Å². The van der Waals surface area contributed by atoms with E-state index in [2.05, 4.69) is 5.32 Å². The zero-order valence-electron chi connectivity index (χ0n) is 6.10. The molecule has 2 rings (SSSR count). The molecule has 1 saturated carbocycles. The van der Waals surface area contributed by atoms with Crippen LogP contribution in [0.1, 0.15) is 25.7 Å². The smallest absolute Gasteiger partial charge is 0.121 e. The maximum atomic E-state index is 10.2. The lowest BCUT2D eigenvalue weighted by atomic mass is 9.95. The van der Waals surface area contributed by atoms with Gasteiger partial charge in [0, 0.05) is 12.5 Å². The van der Waals surface area contributed by atoms with Crippen LogP contribution in [0.15, 0.2) is 0 Å². The normalized spacial score (nSPS) is 34.6. The molecule has 10 heavy (non-hydrogen) atoms. The highest BCUT2D eigenvalue weighted by molar-refractivity contribution is 5.51. The van der Waals surface area contributed by atoms with Crippen molar-refractivity contribution in [3.63, 3.8) is 0 Å². The van der Waals surface area contributed by atoms with Crippen molar-refractivity contribution < 1.29 is 4.79 Å². The highest BCUT2D eigenvalue weighted by Gasteiger charge is 2.51. The molecule has 0 unspecified atom stereocenters. The maximum absolute atomic E-state index is 10.2. The molecular weight excluding hydrogens is 126 g/mol. The van der Waals surface area contributed by atoms with Crippen LogP contribution >= 0.6 is 0 Å². The van der Waals surface area contributed by atoms with Gasteiger partial charge in [-0.05, 0) is 31.2 Å². The van der Waals surface area contributed by atoms with Gasteiger partial charge in [-0.2, -0.15) is 0 Å². The van der Waals surface area contributed by atoms with Crippen LogP contribution in [0.5, 0.6) is 0 Å². The predicted octanol–water partition coefficient (Wildman–Crippen LogP) is 0.718. The first-order valence-electron chi connectivity index (χ1n) is 4.04. The summed E-state index contributed by atoms with van der Waals surface area (Å²) in [4.78, 5) is 10.2. The SMILES string of the molecule is O=CC[C@H]1NCCC12CC2. The molecule has 1 N–H and O–H groups in total. The summed E-state index contributed by atoms with van der Waals surface area (Å²) < 4.78 is 0. The van der Waals surface area contributed by atoms with E-state index >= 15 is 0 Å². The second-order valence-electron chi connectivity index (χ2n) is 3.52. The zero-order valence-corrected chi connectivity index (χ0v) is 6.10. The van der Waals surface area contributed by atoms with Crippen LogP contribution in [0.2, 0.25) is 0 Å². The second kappa shape index (κ2) is 2.06. The lowest BCUT2D eigenvalue weighted by molar-refractivity contribution is -0.108. The molecule has 1 atom stereocenters. The molecule has 1 saturated heterocycles. The van der Waals surface area contributed by atoms with Crippen LogP contribution < -0.4 is 5.32 Å². The van der Waals surface area contributed by atoms with Gasteiger partial charge in [0.05, 0.1) is 0 Å². The van der Waals surface area contributed by atoms with Crippen LogP contribution in [0.25, 0.3) is 0 Å². The van der Waals surface area contributed by atoms with Gasteiger partial charge in [0.1, 0.15) is 6.29 Å². The average molecular weight is 139 g/mol. The van der Waals surface area contributed by atoms with Gasteiger partial charge >= 0.3 is 0 Å². The van der Waals surface area contributed by atoms with Crippen molar-refractivity contribution in [1.82, 2.24) is 5.32 Å². The predicted molar refractivity (Wildman–Crippen MR) is 38.8 cm³/mol. The molecule has 2 aliphatic rings. The standard InChI is InChI=1S/C8H13NO/c10-6-1-7-8(2-3-8)4-5-9-7/h6-7,9H,1-5H2/t7-/m1/s1. The van der Waals surface area contributed by atoms with Crippen molar-refractivity contribution in [2.24, 2.45) is 5.41 Å². The molecule has 0 aromatic heterocycles. The minimum Gasteiger partial charge on any atom is -0.313 e. The van der Waals surface area contributed by atoms with Gasteiger partial charge in [0.25, 0.3) is 0 Å². The third kappa shape index (κ3) is 0.788. The van der Waals surface area contributed by atoms with E-state index in [1.807, 2.05) is 0 Å². The monoisotopic (exact) mass is 139 g/mol. The van der Waals surface area contributed by atoms with Crippen LogP contribution in [-0.2, 0) is 4.79 Å². The number of hydrogen-bond acceptors (Lipinski definition) is 2. The van der Waals surface area contributed by atoms with E-state index in [0.29, 0.717) is 11.5 Å². The van der Waals surface area contributed by atoms with E-state index < -0.39 is 0 Å². The minimum absolute atomic E-state index is 0.519. The van der Waals surface area contributed by atoms with E-state index in [1.54, 1.807) is 0 Å². The van der Waals surface area contributed by atoms with Crippen LogP contribution in [-0.4, -0.2) is 18.9 Å². The Kier molecular flexibility index (Phi) is 1.31. The van der Waals surface area contributed by atoms with Crippen molar-refractivity contribution in [3.8, 4) is 0 Å². The lowest BCUT2D eigenvalue weighted by Crippen LogP contribution is -2.28. The molecule has 2 nitrogen and oxygen atoms in total. The summed E-state index contributed by atoms with van der Waals surface area (Å²) in [6, 6.07) is 0.519. The molecule has 0 amide bonds. The molecule has 1 aliphatic heterocycles. The third-order valence-corrected chi connectivity index (χ3v) is 2.98. The number of aldehydes is 1. The van der Waals surface area contributed by atoms with Crippen molar-refractivity contribution >= 4 is 6.29 Å². The zero-order chi connectivity index (χ0) is 7.03. The maximum Gasteiger partial charge on any atom is 0.121 e. The number of carbonyl (C=O) groups is 1. The van der Waals surface area contributed by atoms with Crippen molar-refractivity contribution in [2.45, 2.75) is 31.7 Å². The Bertz CT molecular complexity index is 151. The van der Waals surface area contributed by atoms with Gasteiger partial charge in [0.2, 0.25) is 0 Å². The summed E-state index contributed by atoms with van der Waals surface area (Å²) in [6.07, 6.45) is 5.76. The molecule has 0 aromatic carbocycles. The first-order valence-corrected chi connectivity index (χ1v) is 4.04. The summed E-state index contributed by atoms with van der Waals surface area (Å²) >= 11 is 0. The fourth-order valence-corrected chi connectivity index (χ4v) is 2.07. The molecule has 2 heteroatoms. The summed E-state index contributed by atoms with van der Waals surface area (Å²) in [7, 11) is 0. The van der Waals surface area contributed by atoms with Crippen molar-refractivity contribution in [3.05, 3.63) is 0 Å². The van der Waals surface area contributed by atoms with Gasteiger partial charge in [-0.15, -0.1) is 0 Å². The van der Waals surface area contributed by atoms with Gasteiger partial charge in [0.15, 0.2) is 0 Å². The number of carbonyl (C=O) groups excluding carboxylic acids is 1. The van der Waals surface area contributed by atoms with E-state index in [4.69, 9.17) is 0 Å². The van der Waals surface area contributed by atoms with Crippen molar-refractivity contribution in [2.75, 3.05) is 6.54 Å². The highest BCUT2D eigenvalue weighted by Crippen LogP contribution is 2.54. The number of rotatable bonds is 2. The Balaban J connectivity index is 2.00. The topological polar surface area (TPSA) is 29.1 Å². The summed E-state index contributed by atoms with van der Waals surface area (Å²) in [5.41, 5.74) is 0.570. The highest BCUT2D eigenvalue weighted by atomic mass is 16.1. The van der Waals surface area contributed by atoms with E-state index in [-0.39, 0.29) is 0 Å². The second-order valence-corrected chi connectivity index (χ2v) is 3.52. The van der Waals surface area contributed by atoms with E-state index in [1.165, 1.54) is 19.3 Å². The average Bonchev–Trinajstić information content (AvgIpc) is 2.57. The Morgan fingerprint density at radius 2 is 2.30 bits per heavy atom. The minimum atomic E-state index is 0.519. The molecule has 1 heterocycles. The quantitative estimate of drug-likeness (QED) is 0.571. The summed E-state index contributed by atoms with van der Waals surface area (Å²) in [6.45, 7) is 1.12. The largest absolute Gasteiger partial charge is 0.313 e. The fraction of sp³-hybridized carbons (Fsp3) is 0.875. The van der Waals surface area contributed by atoms with Crippen LogP contribution in [0, 0.1) is 5.41 Å². The van der Waals surface area contributed by atoms with Crippen LogP contribution in [0.4, 0.5) is 0 Å². The lowest BCUT2D eigenvalue weighted by Gasteiger charge is -2.14. The first-order chi connectivity index (χ1) is 4.87. The summed E-state index contributed by atoms with van der Waals surface area (Å²) in [5.74, 6) is 0. The molecular formula is C8H13NO. The first kappa shape index (κ1) is 6.35. The third-order valence-electron chi connectivity index (χ3n) is 2.98. The molecule has 2 fully saturated rings. The number of nitrogens with one attached hydrogen (secondary N) is 1. The molecule has 0 radical (unpaired) electrons. The van der Waals surface area contributed by atoms with Gasteiger partial charge in [-0.25, -0.2) is 0 Å². The van der Waals surface area contributed by atoms with Crippen molar-refractivity contribution in [1.29, 1.82) is 0 Å². The number of hydrogen-bond donors (Lipinski definition) is 1. The van der Waals surface area contributed by atoms with E-state index in [0.717, 1.165) is 19.3 Å². The molecule has 0 bridgehead atoms. The Hall–Kier alpha value is -0.370. The molecule has 56 valence electrons. The molecule has 1 spiro atoms. The van der Waals surface area contributed by atoms with Crippen LogP contribution in [0.3, 0.4) is 0 Å². The Labute approximate surface area is 61.0 Å². The van der Waals surface area contributed by atoms with Gasteiger partial charge < -0.3 is 10.1 Å². The summed E-state index contributed by atoms with van der Waals surface area (Å²) in [5, 5.41) is 3.38. The fourth-order valence-electron chi connectivity index (χ4n) is 2.07. The Morgan fingerprint density at radius 1 is 1.50 bits per heavy atom. The van der Waals surface area contributed by atoms with Gasteiger partial charge in [-0.1, -0.05) is 0 Å². The Morgan fingerprint density at radius 3 is 2.90 bits per heavy atom. The van der Waals surface area contributed by atoms with Gasteiger partial charge in [-0.3, -0.25) is 0 Å². The molecule has 1 aliphatic carbocycles.